The Morgan fingerprint density at radius 3 is 2.58 bits per heavy atom. The zero-order chi connectivity index (χ0) is 23.9. The topological polar surface area (TPSA) is 111 Å². The molecule has 0 unspecified atom stereocenters. The van der Waals surface area contributed by atoms with Gasteiger partial charge in [-0.05, 0) is 43.1 Å². The molecule has 3 heterocycles. The van der Waals surface area contributed by atoms with Crippen molar-refractivity contribution in [3.8, 4) is 5.88 Å². The lowest BCUT2D eigenvalue weighted by Crippen LogP contribution is -2.46. The molecule has 33 heavy (non-hydrogen) atoms. The molecule has 2 aromatic heterocycles. The highest BCUT2D eigenvalue weighted by atomic mass is 16.3. The maximum absolute atomic E-state index is 13.1. The van der Waals surface area contributed by atoms with Crippen LogP contribution < -0.4 is 15.4 Å². The summed E-state index contributed by atoms with van der Waals surface area (Å²) in [6, 6.07) is 0.0767. The predicted molar refractivity (Wildman–Crippen MR) is 124 cm³/mol. The Balaban J connectivity index is 1.73. The van der Waals surface area contributed by atoms with E-state index in [2.05, 4.69) is 23.4 Å². The highest BCUT2D eigenvalue weighted by molar-refractivity contribution is 5.96. The van der Waals surface area contributed by atoms with Crippen molar-refractivity contribution in [3.05, 3.63) is 33.8 Å². The third kappa shape index (κ3) is 4.67. The Hall–Kier alpha value is -3.10. The molecule has 4 rings (SSSR count). The second-order valence-corrected chi connectivity index (χ2v) is 10.1. The van der Waals surface area contributed by atoms with Crippen molar-refractivity contribution >= 4 is 23.5 Å². The maximum Gasteiger partial charge on any atom is 0.378 e. The summed E-state index contributed by atoms with van der Waals surface area (Å²) >= 11 is 0. The number of rotatable bonds is 6. The normalized spacial score (nSPS) is 18.4. The highest BCUT2D eigenvalue weighted by Crippen LogP contribution is 2.33. The smallest absolute Gasteiger partial charge is 0.378 e. The van der Waals surface area contributed by atoms with Gasteiger partial charge in [-0.15, -0.1) is 0 Å². The lowest BCUT2D eigenvalue weighted by molar-refractivity contribution is -0.686. The fourth-order valence-corrected chi connectivity index (χ4v) is 4.40. The Morgan fingerprint density at radius 2 is 2.00 bits per heavy atom. The van der Waals surface area contributed by atoms with Crippen molar-refractivity contribution in [3.63, 3.8) is 0 Å². The van der Waals surface area contributed by atoms with Crippen LogP contribution in [0.1, 0.15) is 69.3 Å². The van der Waals surface area contributed by atoms with Gasteiger partial charge < -0.3 is 15.3 Å². The molecule has 2 fully saturated rings. The van der Waals surface area contributed by atoms with Crippen molar-refractivity contribution in [2.75, 3.05) is 13.1 Å². The summed E-state index contributed by atoms with van der Waals surface area (Å²) in [5, 5.41) is 16.8. The number of piperidine rings is 1. The van der Waals surface area contributed by atoms with E-state index < -0.39 is 11.5 Å². The number of aromatic amines is 1. The van der Waals surface area contributed by atoms with Gasteiger partial charge in [0.2, 0.25) is 11.5 Å². The fraction of sp³-hybridized carbons (Fsp3) is 0.583. The zero-order valence-corrected chi connectivity index (χ0v) is 19.9. The summed E-state index contributed by atoms with van der Waals surface area (Å²) in [5.74, 6) is -0.559. The van der Waals surface area contributed by atoms with Crippen molar-refractivity contribution < 1.29 is 19.3 Å². The lowest BCUT2D eigenvalue weighted by atomic mass is 9.80. The number of hydrogen-bond acceptors (Lipinski definition) is 4. The van der Waals surface area contributed by atoms with Crippen molar-refractivity contribution in [1.29, 1.82) is 0 Å². The number of carbonyl (C=O) groups excluding carboxylic acids is 2. The van der Waals surface area contributed by atoms with E-state index in [-0.39, 0.29) is 34.7 Å². The van der Waals surface area contributed by atoms with Gasteiger partial charge in [0.15, 0.2) is 0 Å². The van der Waals surface area contributed by atoms with Crippen LogP contribution in [0.25, 0.3) is 11.7 Å². The van der Waals surface area contributed by atoms with Gasteiger partial charge in [0.05, 0.1) is 18.3 Å². The van der Waals surface area contributed by atoms with E-state index in [1.165, 1.54) is 4.52 Å². The van der Waals surface area contributed by atoms with E-state index in [4.69, 9.17) is 0 Å². The molecule has 2 aromatic rings. The van der Waals surface area contributed by atoms with Crippen LogP contribution in [0.3, 0.4) is 0 Å². The first kappa shape index (κ1) is 23.1. The summed E-state index contributed by atoms with van der Waals surface area (Å²) < 4.78 is 2.98. The second-order valence-electron chi connectivity index (χ2n) is 10.1. The molecule has 0 radical (unpaired) electrons. The van der Waals surface area contributed by atoms with Crippen LogP contribution in [0, 0.1) is 11.3 Å². The number of likely N-dealkylation sites (tertiary alicyclic amines) is 1. The molecule has 2 amide bonds. The lowest BCUT2D eigenvalue weighted by Gasteiger charge is -2.37. The van der Waals surface area contributed by atoms with Gasteiger partial charge in [-0.1, -0.05) is 31.4 Å². The van der Waals surface area contributed by atoms with Crippen LogP contribution in [0.2, 0.25) is 0 Å². The van der Waals surface area contributed by atoms with Crippen molar-refractivity contribution in [2.45, 2.75) is 66.0 Å². The minimum Gasteiger partial charge on any atom is -0.477 e. The quantitative estimate of drug-likeness (QED) is 0.576. The number of allylic oxidation sites excluding steroid dienone is 1. The van der Waals surface area contributed by atoms with Gasteiger partial charge in [0.25, 0.3) is 5.91 Å². The fourth-order valence-electron chi connectivity index (χ4n) is 4.40. The number of hydrogen-bond donors (Lipinski definition) is 3. The number of carbonyl (C=O) groups is 2. The second kappa shape index (κ2) is 8.68. The van der Waals surface area contributed by atoms with E-state index >= 15 is 0 Å². The van der Waals surface area contributed by atoms with E-state index in [0.29, 0.717) is 12.2 Å². The monoisotopic (exact) mass is 456 g/mol. The molecular formula is C24H34N5O4+. The van der Waals surface area contributed by atoms with E-state index in [1.807, 2.05) is 24.8 Å². The Morgan fingerprint density at radius 1 is 1.33 bits per heavy atom. The van der Waals surface area contributed by atoms with Crippen LogP contribution in [0.4, 0.5) is 0 Å². The number of nitrogens with one attached hydrogen (secondary N) is 2. The third-order valence-corrected chi connectivity index (χ3v) is 6.67. The Kier molecular flexibility index (Phi) is 6.07. The summed E-state index contributed by atoms with van der Waals surface area (Å²) in [6.07, 6.45) is 9.31. The van der Waals surface area contributed by atoms with Crippen LogP contribution in [-0.4, -0.2) is 50.6 Å². The molecule has 1 saturated carbocycles. The number of nitrogens with zero attached hydrogens (tertiary/aromatic N) is 3. The molecule has 1 saturated heterocycles. The molecule has 9 heteroatoms. The average molecular weight is 457 g/mol. The molecule has 0 bridgehead atoms. The average Bonchev–Trinajstić information content (AvgIpc) is 3.45. The van der Waals surface area contributed by atoms with Gasteiger partial charge in [-0.3, -0.25) is 9.59 Å². The number of fused-ring (bicyclic) bond motifs is 1. The molecule has 1 aliphatic heterocycles. The number of amides is 2. The molecule has 2 aliphatic rings. The molecule has 178 valence electrons. The predicted octanol–water partition coefficient (Wildman–Crippen LogP) is 1.83. The first-order valence-corrected chi connectivity index (χ1v) is 11.7. The Bertz CT molecular complexity index is 1160. The molecule has 0 aromatic carbocycles. The first-order chi connectivity index (χ1) is 15.6. The molecule has 9 nitrogen and oxygen atoms in total. The Labute approximate surface area is 193 Å². The summed E-state index contributed by atoms with van der Waals surface area (Å²) in [5.41, 5.74) is 0.403. The van der Waals surface area contributed by atoms with Gasteiger partial charge in [-0.25, -0.2) is 9.89 Å². The molecule has 0 spiro atoms. The molecule has 3 N–H and O–H groups in total. The van der Waals surface area contributed by atoms with Crippen LogP contribution in [-0.2, 0) is 11.3 Å². The number of aromatic nitrogens is 3. The van der Waals surface area contributed by atoms with E-state index in [1.54, 1.807) is 17.7 Å². The first-order valence-electron chi connectivity index (χ1n) is 11.7. The standard InChI is InChI=1S/C24H33N5O4/c1-15(2)14-28-21-17(7-8-24(4)9-11-27(12-10-24)16(3)30)13-25-29(21)23(33)19(22(28)32)20(31)26-18-5-6-18/h7-8,13,15,18H,5-6,9-12,14H2,1-4H3,(H2,26,31,32,33)/p+1/b8-7+. The molecule has 1 aliphatic carbocycles. The van der Waals surface area contributed by atoms with Crippen LogP contribution in [0.15, 0.2) is 17.1 Å². The summed E-state index contributed by atoms with van der Waals surface area (Å²) in [7, 11) is 0. The highest BCUT2D eigenvalue weighted by Gasteiger charge is 2.34. The van der Waals surface area contributed by atoms with E-state index in [9.17, 15) is 19.5 Å². The van der Waals surface area contributed by atoms with Crippen LogP contribution >= 0.6 is 0 Å². The SMILES string of the molecule is CC(=O)N1CCC(C)(/C=C/c2c[nH]n3c(=O)c(C(=O)NC4CC4)c(O)[n+](CC(C)C)c23)CC1. The summed E-state index contributed by atoms with van der Waals surface area (Å²) in [6.45, 7) is 9.69. The van der Waals surface area contributed by atoms with Crippen molar-refractivity contribution in [1.82, 2.24) is 19.8 Å². The van der Waals surface area contributed by atoms with E-state index in [0.717, 1.165) is 44.3 Å². The molecule has 0 atom stereocenters. The number of H-pyrrole nitrogens is 1. The number of aromatic hydroxyl groups is 1. The van der Waals surface area contributed by atoms with Crippen molar-refractivity contribution in [2.24, 2.45) is 11.3 Å². The zero-order valence-electron chi connectivity index (χ0n) is 19.9. The third-order valence-electron chi connectivity index (χ3n) is 6.67. The minimum absolute atomic E-state index is 0.0739. The summed E-state index contributed by atoms with van der Waals surface area (Å²) in [4.78, 5) is 39.4. The largest absolute Gasteiger partial charge is 0.477 e. The minimum atomic E-state index is -0.568. The van der Waals surface area contributed by atoms with Gasteiger partial charge in [0, 0.05) is 26.1 Å². The maximum atomic E-state index is 13.1. The van der Waals surface area contributed by atoms with Crippen LogP contribution in [0.5, 0.6) is 5.88 Å². The molecular weight excluding hydrogens is 422 g/mol. The van der Waals surface area contributed by atoms with Gasteiger partial charge in [0.1, 0.15) is 0 Å². The van der Waals surface area contributed by atoms with Gasteiger partial charge in [-0.2, -0.15) is 4.57 Å². The van der Waals surface area contributed by atoms with Gasteiger partial charge >= 0.3 is 17.1 Å².